The summed E-state index contributed by atoms with van der Waals surface area (Å²) in [5.74, 6) is 0. The average molecular weight is 198 g/mol. The zero-order chi connectivity index (χ0) is 9.68. The predicted octanol–water partition coefficient (Wildman–Crippen LogP) is 1.71. The first-order valence-electron chi connectivity index (χ1n) is 4.60. The maximum absolute atomic E-state index is 3.15. The lowest BCUT2D eigenvalue weighted by Gasteiger charge is -2.15. The van der Waals surface area contributed by atoms with Gasteiger partial charge in [-0.1, -0.05) is 0 Å². The van der Waals surface area contributed by atoms with E-state index in [1.54, 1.807) is 0 Å². The summed E-state index contributed by atoms with van der Waals surface area (Å²) in [6, 6.07) is 2.19. The summed E-state index contributed by atoms with van der Waals surface area (Å²) in [6.07, 6.45) is 0. The van der Waals surface area contributed by atoms with Crippen molar-refractivity contribution in [2.75, 3.05) is 27.2 Å². The Kier molecular flexibility index (Phi) is 4.42. The van der Waals surface area contributed by atoms with Crippen LogP contribution in [-0.2, 0) is 6.54 Å². The van der Waals surface area contributed by atoms with Gasteiger partial charge in [0.15, 0.2) is 0 Å². The van der Waals surface area contributed by atoms with Crippen molar-refractivity contribution in [3.63, 3.8) is 0 Å². The van der Waals surface area contributed by atoms with Gasteiger partial charge in [0.05, 0.1) is 0 Å². The number of nitrogens with zero attached hydrogens (tertiary/aromatic N) is 1. The van der Waals surface area contributed by atoms with Gasteiger partial charge in [-0.2, -0.15) is 0 Å². The smallest absolute Gasteiger partial charge is 0.0328 e. The molecular weight excluding hydrogens is 180 g/mol. The molecule has 0 aliphatic rings. The van der Waals surface area contributed by atoms with Gasteiger partial charge in [0, 0.05) is 24.5 Å². The maximum atomic E-state index is 3.15. The van der Waals surface area contributed by atoms with Crippen molar-refractivity contribution < 1.29 is 0 Å². The van der Waals surface area contributed by atoms with E-state index in [0.29, 0.717) is 0 Å². The summed E-state index contributed by atoms with van der Waals surface area (Å²) in [5.41, 5.74) is 1.42. The van der Waals surface area contributed by atoms with Crippen LogP contribution in [0, 0.1) is 6.92 Å². The third-order valence-electron chi connectivity index (χ3n) is 2.13. The van der Waals surface area contributed by atoms with Gasteiger partial charge in [-0.15, -0.1) is 11.3 Å². The normalized spacial score (nSPS) is 11.1. The van der Waals surface area contributed by atoms with Gasteiger partial charge in [0.2, 0.25) is 0 Å². The highest BCUT2D eigenvalue weighted by Gasteiger charge is 2.03. The fourth-order valence-electron chi connectivity index (χ4n) is 1.19. The van der Waals surface area contributed by atoms with Crippen LogP contribution in [0.5, 0.6) is 0 Å². The average Bonchev–Trinajstić information content (AvgIpc) is 2.48. The second-order valence-corrected chi connectivity index (χ2v) is 4.37. The Balaban J connectivity index is 2.36. The molecule has 0 saturated heterocycles. The predicted molar refractivity (Wildman–Crippen MR) is 59.3 cm³/mol. The number of thiophene rings is 1. The van der Waals surface area contributed by atoms with Crippen LogP contribution in [0.25, 0.3) is 0 Å². The molecule has 1 heterocycles. The molecule has 0 fully saturated rings. The molecule has 0 aliphatic carbocycles. The molecule has 0 amide bonds. The van der Waals surface area contributed by atoms with Crippen molar-refractivity contribution >= 4 is 11.3 Å². The van der Waals surface area contributed by atoms with E-state index >= 15 is 0 Å². The first-order chi connectivity index (χ1) is 6.24. The quantitative estimate of drug-likeness (QED) is 0.775. The van der Waals surface area contributed by atoms with Crippen molar-refractivity contribution in [3.05, 3.63) is 21.9 Å². The minimum atomic E-state index is 1.06. The number of aryl methyl sites for hydroxylation is 1. The van der Waals surface area contributed by atoms with Crippen molar-refractivity contribution in [2.24, 2.45) is 0 Å². The molecule has 13 heavy (non-hydrogen) atoms. The Morgan fingerprint density at radius 2 is 2.31 bits per heavy atom. The van der Waals surface area contributed by atoms with Gasteiger partial charge < -0.3 is 10.2 Å². The van der Waals surface area contributed by atoms with Crippen LogP contribution in [-0.4, -0.2) is 32.1 Å². The summed E-state index contributed by atoms with van der Waals surface area (Å²) in [7, 11) is 4.15. The Hall–Kier alpha value is -0.380. The summed E-state index contributed by atoms with van der Waals surface area (Å²) in [4.78, 5) is 3.83. The van der Waals surface area contributed by atoms with Crippen LogP contribution < -0.4 is 5.32 Å². The molecule has 74 valence electrons. The number of hydrogen-bond donors (Lipinski definition) is 1. The minimum Gasteiger partial charge on any atom is -0.318 e. The molecule has 0 atom stereocenters. The van der Waals surface area contributed by atoms with Crippen LogP contribution in [0.2, 0.25) is 0 Å². The first-order valence-corrected chi connectivity index (χ1v) is 5.48. The second-order valence-electron chi connectivity index (χ2n) is 3.37. The lowest BCUT2D eigenvalue weighted by Crippen LogP contribution is -2.26. The lowest BCUT2D eigenvalue weighted by atomic mass is 10.3. The second kappa shape index (κ2) is 5.37. The molecular formula is C10H18N2S. The summed E-state index contributed by atoms with van der Waals surface area (Å²) in [5, 5.41) is 5.32. The molecule has 0 aromatic carbocycles. The standard InChI is InChI=1S/C10H18N2S/c1-9-4-7-13-10(9)8-12(3)6-5-11-2/h4,7,11H,5-6,8H2,1-3H3. The Morgan fingerprint density at radius 3 is 2.85 bits per heavy atom. The van der Waals surface area contributed by atoms with Crippen LogP contribution >= 0.6 is 11.3 Å². The van der Waals surface area contributed by atoms with Crippen LogP contribution in [0.4, 0.5) is 0 Å². The van der Waals surface area contributed by atoms with Crippen LogP contribution in [0.1, 0.15) is 10.4 Å². The van der Waals surface area contributed by atoms with Crippen molar-refractivity contribution in [1.29, 1.82) is 0 Å². The van der Waals surface area contributed by atoms with Gasteiger partial charge in [0.1, 0.15) is 0 Å². The molecule has 1 N–H and O–H groups in total. The zero-order valence-electron chi connectivity index (χ0n) is 8.63. The van der Waals surface area contributed by atoms with E-state index in [-0.39, 0.29) is 0 Å². The minimum absolute atomic E-state index is 1.06. The molecule has 0 bridgehead atoms. The van der Waals surface area contributed by atoms with Gasteiger partial charge in [-0.05, 0) is 38.0 Å². The first kappa shape index (κ1) is 10.7. The van der Waals surface area contributed by atoms with Crippen molar-refractivity contribution in [1.82, 2.24) is 10.2 Å². The van der Waals surface area contributed by atoms with E-state index in [0.717, 1.165) is 19.6 Å². The summed E-state index contributed by atoms with van der Waals surface area (Å²) in [6.45, 7) is 5.41. The summed E-state index contributed by atoms with van der Waals surface area (Å²) >= 11 is 1.85. The number of hydrogen-bond acceptors (Lipinski definition) is 3. The van der Waals surface area contributed by atoms with E-state index in [2.05, 4.69) is 35.6 Å². The van der Waals surface area contributed by atoms with E-state index in [4.69, 9.17) is 0 Å². The summed E-state index contributed by atoms with van der Waals surface area (Å²) < 4.78 is 0. The molecule has 0 spiro atoms. The van der Waals surface area contributed by atoms with Gasteiger partial charge in [-0.25, -0.2) is 0 Å². The van der Waals surface area contributed by atoms with Crippen LogP contribution in [0.15, 0.2) is 11.4 Å². The fourth-order valence-corrected chi connectivity index (χ4v) is 2.18. The molecule has 0 aliphatic heterocycles. The third kappa shape index (κ3) is 3.46. The highest BCUT2D eigenvalue weighted by Crippen LogP contribution is 2.16. The molecule has 1 aromatic heterocycles. The monoisotopic (exact) mass is 198 g/mol. The van der Waals surface area contributed by atoms with Crippen LogP contribution in [0.3, 0.4) is 0 Å². The molecule has 0 saturated carbocycles. The zero-order valence-corrected chi connectivity index (χ0v) is 9.45. The Morgan fingerprint density at radius 1 is 1.54 bits per heavy atom. The molecule has 3 heteroatoms. The SMILES string of the molecule is CNCCN(C)Cc1sccc1C. The Labute approximate surface area is 84.6 Å². The topological polar surface area (TPSA) is 15.3 Å². The highest BCUT2D eigenvalue weighted by atomic mass is 32.1. The molecule has 0 unspecified atom stereocenters. The maximum Gasteiger partial charge on any atom is 0.0328 e. The van der Waals surface area contributed by atoms with E-state index in [9.17, 15) is 0 Å². The number of rotatable bonds is 5. The van der Waals surface area contributed by atoms with Gasteiger partial charge >= 0.3 is 0 Å². The highest BCUT2D eigenvalue weighted by molar-refractivity contribution is 7.10. The number of nitrogens with one attached hydrogen (secondary N) is 1. The van der Waals surface area contributed by atoms with Crippen molar-refractivity contribution in [3.8, 4) is 0 Å². The lowest BCUT2D eigenvalue weighted by molar-refractivity contribution is 0.330. The van der Waals surface area contributed by atoms with Gasteiger partial charge in [0.25, 0.3) is 0 Å². The Bertz CT molecular complexity index is 245. The molecule has 2 nitrogen and oxygen atoms in total. The van der Waals surface area contributed by atoms with Gasteiger partial charge in [-0.3, -0.25) is 0 Å². The van der Waals surface area contributed by atoms with E-state index in [1.807, 2.05) is 18.4 Å². The fraction of sp³-hybridized carbons (Fsp3) is 0.600. The molecule has 1 rings (SSSR count). The molecule has 1 aromatic rings. The van der Waals surface area contributed by atoms with E-state index < -0.39 is 0 Å². The van der Waals surface area contributed by atoms with E-state index in [1.165, 1.54) is 10.4 Å². The third-order valence-corrected chi connectivity index (χ3v) is 3.13. The van der Waals surface area contributed by atoms with Crippen molar-refractivity contribution in [2.45, 2.75) is 13.5 Å². The number of likely N-dealkylation sites (N-methyl/N-ethyl adjacent to an activating group) is 2. The molecule has 0 radical (unpaired) electrons. The largest absolute Gasteiger partial charge is 0.318 e.